The number of ether oxygens (including phenoxy) is 2. The van der Waals surface area contributed by atoms with Gasteiger partial charge in [-0.15, -0.1) is 11.3 Å². The second kappa shape index (κ2) is 9.53. The number of nitrogens with zero attached hydrogens (tertiary/aromatic N) is 2. The van der Waals surface area contributed by atoms with Crippen LogP contribution < -0.4 is 0 Å². The van der Waals surface area contributed by atoms with Crippen molar-refractivity contribution in [2.75, 3.05) is 27.4 Å². The van der Waals surface area contributed by atoms with E-state index in [2.05, 4.69) is 9.72 Å². The van der Waals surface area contributed by atoms with Crippen LogP contribution in [-0.2, 0) is 20.8 Å². The van der Waals surface area contributed by atoms with E-state index < -0.39 is 5.97 Å². The van der Waals surface area contributed by atoms with E-state index in [0.29, 0.717) is 32.0 Å². The van der Waals surface area contributed by atoms with Gasteiger partial charge in [-0.3, -0.25) is 4.79 Å². The Morgan fingerprint density at radius 1 is 1.36 bits per heavy atom. The molecule has 0 unspecified atom stereocenters. The molecule has 0 saturated carbocycles. The van der Waals surface area contributed by atoms with Gasteiger partial charge in [-0.05, 0) is 12.3 Å². The van der Waals surface area contributed by atoms with E-state index in [1.165, 1.54) is 18.4 Å². The summed E-state index contributed by atoms with van der Waals surface area (Å²) >= 11 is 1.36. The Kier molecular flexibility index (Phi) is 8.05. The number of methoxy groups -OCH3 is 2. The molecular weight excluding hydrogens is 304 g/mol. The molecular formula is C15H24N2O4S. The van der Waals surface area contributed by atoms with Crippen LogP contribution in [0.4, 0.5) is 0 Å². The summed E-state index contributed by atoms with van der Waals surface area (Å²) in [5.74, 6) is -0.0535. The van der Waals surface area contributed by atoms with Gasteiger partial charge in [0.05, 0.1) is 13.7 Å². The van der Waals surface area contributed by atoms with E-state index in [0.717, 1.165) is 11.4 Å². The lowest BCUT2D eigenvalue weighted by atomic mass is 10.1. The molecule has 0 N–H and O–H groups in total. The summed E-state index contributed by atoms with van der Waals surface area (Å²) < 4.78 is 9.68. The molecule has 0 aliphatic heterocycles. The number of carbonyl (C=O) groups excluding carboxylic acids is 2. The van der Waals surface area contributed by atoms with E-state index in [1.54, 1.807) is 17.4 Å². The van der Waals surface area contributed by atoms with Crippen molar-refractivity contribution in [1.82, 2.24) is 9.88 Å². The van der Waals surface area contributed by atoms with E-state index in [-0.39, 0.29) is 11.6 Å². The summed E-state index contributed by atoms with van der Waals surface area (Å²) in [6.45, 7) is 5.67. The van der Waals surface area contributed by atoms with Gasteiger partial charge >= 0.3 is 5.97 Å². The average molecular weight is 328 g/mol. The first-order valence-electron chi connectivity index (χ1n) is 7.27. The summed E-state index contributed by atoms with van der Waals surface area (Å²) in [7, 11) is 2.97. The Morgan fingerprint density at radius 2 is 2.09 bits per heavy atom. The third-order valence-electron chi connectivity index (χ3n) is 2.98. The minimum absolute atomic E-state index is 0.0981. The third kappa shape index (κ3) is 6.11. The number of carbonyl (C=O) groups is 2. The number of rotatable bonds is 9. The third-order valence-corrected chi connectivity index (χ3v) is 3.82. The molecule has 1 aromatic heterocycles. The highest BCUT2D eigenvalue weighted by Gasteiger charge is 2.18. The summed E-state index contributed by atoms with van der Waals surface area (Å²) in [4.78, 5) is 29.8. The number of aromatic nitrogens is 1. The summed E-state index contributed by atoms with van der Waals surface area (Å²) in [6, 6.07) is 0. The fraction of sp³-hybridized carbons (Fsp3) is 0.667. The van der Waals surface area contributed by atoms with Crippen LogP contribution in [0.15, 0.2) is 5.38 Å². The Morgan fingerprint density at radius 3 is 2.68 bits per heavy atom. The highest BCUT2D eigenvalue weighted by Crippen LogP contribution is 2.15. The minimum atomic E-state index is -0.457. The van der Waals surface area contributed by atoms with Gasteiger partial charge < -0.3 is 14.4 Å². The average Bonchev–Trinajstić information content (AvgIpc) is 2.93. The van der Waals surface area contributed by atoms with Gasteiger partial charge in [0.1, 0.15) is 5.01 Å². The smallest absolute Gasteiger partial charge is 0.357 e. The molecule has 124 valence electrons. The Bertz CT molecular complexity index is 488. The molecule has 0 bridgehead atoms. The molecule has 0 aromatic carbocycles. The standard InChI is InChI=1S/C15H24N2O4S/c1-11(2)8-14(18)17(6-5-7-20-3)9-13-16-12(10-22-13)15(19)21-4/h10-11H,5-9H2,1-4H3. The van der Waals surface area contributed by atoms with Crippen LogP contribution in [0.5, 0.6) is 0 Å². The predicted molar refractivity (Wildman–Crippen MR) is 84.8 cm³/mol. The molecule has 1 heterocycles. The Hall–Kier alpha value is -1.47. The zero-order valence-electron chi connectivity index (χ0n) is 13.6. The normalized spacial score (nSPS) is 10.8. The molecule has 0 radical (unpaired) electrons. The van der Waals surface area contributed by atoms with E-state index in [4.69, 9.17) is 4.74 Å². The fourth-order valence-corrected chi connectivity index (χ4v) is 2.69. The van der Waals surface area contributed by atoms with Gasteiger partial charge in [-0.25, -0.2) is 9.78 Å². The summed E-state index contributed by atoms with van der Waals surface area (Å²) in [5, 5.41) is 2.39. The topological polar surface area (TPSA) is 68.7 Å². The summed E-state index contributed by atoms with van der Waals surface area (Å²) in [6.07, 6.45) is 1.28. The lowest BCUT2D eigenvalue weighted by Crippen LogP contribution is -2.32. The van der Waals surface area contributed by atoms with Crippen molar-refractivity contribution in [3.63, 3.8) is 0 Å². The van der Waals surface area contributed by atoms with Crippen molar-refractivity contribution in [3.05, 3.63) is 16.1 Å². The van der Waals surface area contributed by atoms with Crippen molar-refractivity contribution in [2.24, 2.45) is 5.92 Å². The predicted octanol–water partition coefficient (Wildman–Crippen LogP) is 2.34. The number of esters is 1. The van der Waals surface area contributed by atoms with E-state index >= 15 is 0 Å². The van der Waals surface area contributed by atoms with Crippen LogP contribution in [0.2, 0.25) is 0 Å². The molecule has 0 saturated heterocycles. The van der Waals surface area contributed by atoms with Gasteiger partial charge in [-0.2, -0.15) is 0 Å². The maximum Gasteiger partial charge on any atom is 0.357 e. The molecule has 1 aromatic rings. The fourth-order valence-electron chi connectivity index (χ4n) is 1.92. The quantitative estimate of drug-likeness (QED) is 0.514. The van der Waals surface area contributed by atoms with Crippen molar-refractivity contribution in [1.29, 1.82) is 0 Å². The van der Waals surface area contributed by atoms with E-state index in [1.807, 2.05) is 13.8 Å². The first-order chi connectivity index (χ1) is 10.5. The van der Waals surface area contributed by atoms with Crippen molar-refractivity contribution in [2.45, 2.75) is 33.2 Å². The molecule has 7 heteroatoms. The zero-order valence-corrected chi connectivity index (χ0v) is 14.4. The molecule has 0 fully saturated rings. The van der Waals surface area contributed by atoms with Crippen molar-refractivity contribution < 1.29 is 19.1 Å². The van der Waals surface area contributed by atoms with Gasteiger partial charge in [0.2, 0.25) is 5.91 Å². The number of thiazole rings is 1. The van der Waals surface area contributed by atoms with Crippen LogP contribution in [0.3, 0.4) is 0 Å². The Balaban J connectivity index is 2.71. The first-order valence-corrected chi connectivity index (χ1v) is 8.15. The second-order valence-corrected chi connectivity index (χ2v) is 6.32. The lowest BCUT2D eigenvalue weighted by Gasteiger charge is -2.22. The van der Waals surface area contributed by atoms with Crippen LogP contribution >= 0.6 is 11.3 Å². The molecule has 6 nitrogen and oxygen atoms in total. The van der Waals surface area contributed by atoms with Gasteiger partial charge in [-0.1, -0.05) is 13.8 Å². The number of hydrogen-bond acceptors (Lipinski definition) is 6. The minimum Gasteiger partial charge on any atom is -0.464 e. The lowest BCUT2D eigenvalue weighted by molar-refractivity contribution is -0.132. The number of hydrogen-bond donors (Lipinski definition) is 0. The Labute approximate surface area is 135 Å². The highest BCUT2D eigenvalue weighted by molar-refractivity contribution is 7.09. The van der Waals surface area contributed by atoms with Gasteiger partial charge in [0, 0.05) is 32.1 Å². The van der Waals surface area contributed by atoms with Crippen LogP contribution in [0.1, 0.15) is 42.2 Å². The van der Waals surface area contributed by atoms with Gasteiger partial charge in [0.15, 0.2) is 5.69 Å². The number of amides is 1. The van der Waals surface area contributed by atoms with Crippen LogP contribution in [0, 0.1) is 5.92 Å². The molecule has 0 aliphatic rings. The summed E-state index contributed by atoms with van der Waals surface area (Å²) in [5.41, 5.74) is 0.288. The molecule has 1 amide bonds. The molecule has 1 rings (SSSR count). The first kappa shape index (κ1) is 18.6. The monoisotopic (exact) mass is 328 g/mol. The maximum atomic E-state index is 12.3. The van der Waals surface area contributed by atoms with Crippen molar-refractivity contribution >= 4 is 23.2 Å². The molecule has 0 spiro atoms. The largest absolute Gasteiger partial charge is 0.464 e. The zero-order chi connectivity index (χ0) is 16.5. The molecule has 0 atom stereocenters. The highest BCUT2D eigenvalue weighted by atomic mass is 32.1. The molecule has 0 aliphatic carbocycles. The van der Waals surface area contributed by atoms with Crippen LogP contribution in [-0.4, -0.2) is 49.1 Å². The molecule has 22 heavy (non-hydrogen) atoms. The van der Waals surface area contributed by atoms with Crippen LogP contribution in [0.25, 0.3) is 0 Å². The second-order valence-electron chi connectivity index (χ2n) is 5.38. The maximum absolute atomic E-state index is 12.3. The SMILES string of the molecule is COCCCN(Cc1nc(C(=O)OC)cs1)C(=O)CC(C)C. The van der Waals surface area contributed by atoms with Gasteiger partial charge in [0.25, 0.3) is 0 Å². The van der Waals surface area contributed by atoms with Crippen molar-refractivity contribution in [3.8, 4) is 0 Å². The van der Waals surface area contributed by atoms with E-state index in [9.17, 15) is 9.59 Å².